The molecule has 0 aromatic rings. The summed E-state index contributed by atoms with van der Waals surface area (Å²) in [6.45, 7) is 7.41. The predicted octanol–water partition coefficient (Wildman–Crippen LogP) is 1.06. The summed E-state index contributed by atoms with van der Waals surface area (Å²) in [6.07, 6.45) is 3.57. The Bertz CT molecular complexity index is 392. The lowest BCUT2D eigenvalue weighted by atomic mass is 10.1. The fourth-order valence-corrected chi connectivity index (χ4v) is 3.74. The zero-order chi connectivity index (χ0) is 14.0. The van der Waals surface area contributed by atoms with E-state index in [1.807, 2.05) is 25.7 Å². The highest BCUT2D eigenvalue weighted by Gasteiger charge is 2.30. The average molecular weight is 276 g/mol. The van der Waals surface area contributed by atoms with Crippen LogP contribution < -0.4 is 0 Å². The van der Waals surface area contributed by atoms with E-state index in [-0.39, 0.29) is 18.9 Å². The van der Waals surface area contributed by atoms with Crippen LogP contribution in [0.4, 0.5) is 0 Å². The summed E-state index contributed by atoms with van der Waals surface area (Å²) in [7, 11) is -3.28. The highest BCUT2D eigenvalue weighted by molar-refractivity contribution is 7.88. The molecule has 0 aliphatic carbocycles. The van der Waals surface area contributed by atoms with Gasteiger partial charge >= 0.3 is 0 Å². The van der Waals surface area contributed by atoms with Crippen molar-refractivity contribution in [3.63, 3.8) is 0 Å². The maximum atomic E-state index is 11.9. The van der Waals surface area contributed by atoms with Gasteiger partial charge in [-0.3, -0.25) is 4.79 Å². The third-order valence-corrected chi connectivity index (χ3v) is 4.67. The number of hydrogen-bond acceptors (Lipinski definition) is 3. The van der Waals surface area contributed by atoms with E-state index in [2.05, 4.69) is 0 Å². The number of carbonyl (C=O) groups excluding carboxylic acids is 1. The molecule has 1 amide bonds. The van der Waals surface area contributed by atoms with Crippen LogP contribution >= 0.6 is 0 Å². The summed E-state index contributed by atoms with van der Waals surface area (Å²) in [5.74, 6) is 0.0606. The van der Waals surface area contributed by atoms with Crippen molar-refractivity contribution in [2.45, 2.75) is 45.6 Å². The van der Waals surface area contributed by atoms with Gasteiger partial charge in [-0.25, -0.2) is 8.42 Å². The van der Waals surface area contributed by atoms with Gasteiger partial charge in [-0.15, -0.1) is 0 Å². The molecule has 5 nitrogen and oxygen atoms in total. The largest absolute Gasteiger partial charge is 0.343 e. The maximum Gasteiger partial charge on any atom is 0.223 e. The van der Waals surface area contributed by atoms with Crippen LogP contribution in [0, 0.1) is 0 Å². The second kappa shape index (κ2) is 5.57. The van der Waals surface area contributed by atoms with Crippen LogP contribution in [-0.4, -0.2) is 55.0 Å². The molecule has 1 aliphatic heterocycles. The van der Waals surface area contributed by atoms with Crippen molar-refractivity contribution in [1.82, 2.24) is 9.21 Å². The Balaban J connectivity index is 2.60. The van der Waals surface area contributed by atoms with Crippen LogP contribution in [0.1, 0.15) is 40.0 Å². The lowest BCUT2D eigenvalue weighted by Crippen LogP contribution is -2.46. The van der Waals surface area contributed by atoms with Gasteiger partial charge in [-0.05, 0) is 33.6 Å². The molecule has 0 saturated carbocycles. The van der Waals surface area contributed by atoms with Crippen molar-refractivity contribution in [2.75, 3.05) is 25.9 Å². The Labute approximate surface area is 110 Å². The Morgan fingerprint density at radius 2 is 1.72 bits per heavy atom. The summed E-state index contributed by atoms with van der Waals surface area (Å²) in [6, 6.07) is 0. The normalized spacial score (nSPS) is 17.5. The molecule has 0 spiro atoms. The fourth-order valence-electron chi connectivity index (χ4n) is 2.32. The van der Waals surface area contributed by atoms with E-state index in [1.165, 1.54) is 10.6 Å². The quantitative estimate of drug-likeness (QED) is 0.771. The van der Waals surface area contributed by atoms with Gasteiger partial charge < -0.3 is 4.90 Å². The summed E-state index contributed by atoms with van der Waals surface area (Å²) in [4.78, 5) is 13.7. The molecule has 0 radical (unpaired) electrons. The minimum Gasteiger partial charge on any atom is -0.343 e. The molecule has 1 heterocycles. The molecule has 1 rings (SSSR count). The molecule has 6 heteroatoms. The Kier molecular flexibility index (Phi) is 4.78. The van der Waals surface area contributed by atoms with Crippen molar-refractivity contribution in [3.05, 3.63) is 0 Å². The fraction of sp³-hybridized carbons (Fsp3) is 0.917. The standard InChI is InChI=1S/C12H24N2O3S/c1-12(2,3)14(18(4,16)17)10-7-11(15)13-8-5-6-9-13/h5-10H2,1-4H3. The van der Waals surface area contributed by atoms with Crippen molar-refractivity contribution >= 4 is 15.9 Å². The third kappa shape index (κ3) is 4.24. The number of amides is 1. The first-order valence-electron chi connectivity index (χ1n) is 6.38. The molecule has 0 aromatic carbocycles. The van der Waals surface area contributed by atoms with Crippen LogP contribution in [0.5, 0.6) is 0 Å². The van der Waals surface area contributed by atoms with E-state index in [9.17, 15) is 13.2 Å². The van der Waals surface area contributed by atoms with E-state index in [1.54, 1.807) is 0 Å². The molecule has 1 fully saturated rings. The summed E-state index contributed by atoms with van der Waals surface area (Å²) in [5, 5.41) is 0. The molecule has 0 bridgehead atoms. The van der Waals surface area contributed by atoms with E-state index in [0.29, 0.717) is 0 Å². The summed E-state index contributed by atoms with van der Waals surface area (Å²) >= 11 is 0. The smallest absolute Gasteiger partial charge is 0.223 e. The second-order valence-corrected chi connectivity index (χ2v) is 7.75. The third-order valence-electron chi connectivity index (χ3n) is 3.14. The number of likely N-dealkylation sites (tertiary alicyclic amines) is 1. The molecule has 0 atom stereocenters. The van der Waals surface area contributed by atoms with E-state index >= 15 is 0 Å². The number of rotatable bonds is 4. The van der Waals surface area contributed by atoms with Crippen LogP contribution in [0.2, 0.25) is 0 Å². The van der Waals surface area contributed by atoms with Crippen molar-refractivity contribution in [1.29, 1.82) is 0 Å². The average Bonchev–Trinajstić information content (AvgIpc) is 2.65. The highest BCUT2D eigenvalue weighted by Crippen LogP contribution is 2.18. The van der Waals surface area contributed by atoms with Gasteiger partial charge in [0.1, 0.15) is 0 Å². The zero-order valence-corrected chi connectivity index (χ0v) is 12.6. The van der Waals surface area contributed by atoms with Gasteiger partial charge in [-0.1, -0.05) is 0 Å². The minimum atomic E-state index is -3.28. The second-order valence-electron chi connectivity index (χ2n) is 5.84. The van der Waals surface area contributed by atoms with Crippen LogP contribution in [-0.2, 0) is 14.8 Å². The first-order valence-corrected chi connectivity index (χ1v) is 8.23. The topological polar surface area (TPSA) is 57.7 Å². The monoisotopic (exact) mass is 276 g/mol. The predicted molar refractivity (Wildman–Crippen MR) is 71.7 cm³/mol. The van der Waals surface area contributed by atoms with Gasteiger partial charge in [0.2, 0.25) is 15.9 Å². The molecule has 0 aromatic heterocycles. The number of hydrogen-bond donors (Lipinski definition) is 0. The first kappa shape index (κ1) is 15.4. The van der Waals surface area contributed by atoms with Crippen molar-refractivity contribution in [3.8, 4) is 0 Å². The molecule has 0 N–H and O–H groups in total. The zero-order valence-electron chi connectivity index (χ0n) is 11.8. The Hall–Kier alpha value is -0.620. The van der Waals surface area contributed by atoms with Crippen LogP contribution in [0.15, 0.2) is 0 Å². The minimum absolute atomic E-state index is 0.0606. The molecular weight excluding hydrogens is 252 g/mol. The van der Waals surface area contributed by atoms with Gasteiger partial charge in [0.15, 0.2) is 0 Å². The molecule has 1 aliphatic rings. The molecule has 1 saturated heterocycles. The lowest BCUT2D eigenvalue weighted by Gasteiger charge is -2.33. The number of carbonyl (C=O) groups is 1. The van der Waals surface area contributed by atoms with Gasteiger partial charge in [-0.2, -0.15) is 4.31 Å². The highest BCUT2D eigenvalue weighted by atomic mass is 32.2. The van der Waals surface area contributed by atoms with Crippen LogP contribution in [0.3, 0.4) is 0 Å². The summed E-state index contributed by atoms with van der Waals surface area (Å²) in [5.41, 5.74) is -0.487. The van der Waals surface area contributed by atoms with Gasteiger partial charge in [0.05, 0.1) is 6.26 Å². The Morgan fingerprint density at radius 3 is 2.11 bits per heavy atom. The molecule has 0 unspecified atom stereocenters. The van der Waals surface area contributed by atoms with Gasteiger partial charge in [0.25, 0.3) is 0 Å². The summed E-state index contributed by atoms with van der Waals surface area (Å²) < 4.78 is 24.8. The lowest BCUT2D eigenvalue weighted by molar-refractivity contribution is -0.130. The van der Waals surface area contributed by atoms with E-state index in [4.69, 9.17) is 0 Å². The molecule has 18 heavy (non-hydrogen) atoms. The number of sulfonamides is 1. The van der Waals surface area contributed by atoms with Crippen LogP contribution in [0.25, 0.3) is 0 Å². The molecule has 106 valence electrons. The first-order chi connectivity index (χ1) is 8.12. The van der Waals surface area contributed by atoms with Crippen molar-refractivity contribution < 1.29 is 13.2 Å². The SMILES string of the molecule is CC(C)(C)N(CCC(=O)N1CCCC1)S(C)(=O)=O. The number of nitrogens with zero attached hydrogens (tertiary/aromatic N) is 2. The van der Waals surface area contributed by atoms with Gasteiger partial charge in [0, 0.05) is 31.6 Å². The molecular formula is C12H24N2O3S. The van der Waals surface area contributed by atoms with E-state index < -0.39 is 15.6 Å². The maximum absolute atomic E-state index is 11.9. The Morgan fingerprint density at radius 1 is 1.22 bits per heavy atom. The van der Waals surface area contributed by atoms with E-state index in [0.717, 1.165) is 25.9 Å². The van der Waals surface area contributed by atoms with Crippen molar-refractivity contribution in [2.24, 2.45) is 0 Å².